The zero-order chi connectivity index (χ0) is 13.5. The van der Waals surface area contributed by atoms with Gasteiger partial charge in [0.2, 0.25) is 5.91 Å². The maximum Gasteiger partial charge on any atom is 0.244 e. The number of carbonyl (C=O) groups excluding carboxylic acids is 1. The number of benzene rings is 1. The highest BCUT2D eigenvalue weighted by atomic mass is 16.5. The second kappa shape index (κ2) is 6.44. The molecule has 0 bridgehead atoms. The first-order chi connectivity index (χ1) is 9.29. The van der Waals surface area contributed by atoms with Crippen molar-refractivity contribution in [3.05, 3.63) is 60.1 Å². The van der Waals surface area contributed by atoms with Crippen molar-refractivity contribution < 1.29 is 13.9 Å². The maximum atomic E-state index is 11.6. The van der Waals surface area contributed by atoms with Gasteiger partial charge in [0.1, 0.15) is 11.5 Å². The van der Waals surface area contributed by atoms with Gasteiger partial charge in [-0.3, -0.25) is 4.79 Å². The summed E-state index contributed by atoms with van der Waals surface area (Å²) in [6.07, 6.45) is 4.77. The van der Waals surface area contributed by atoms with Crippen LogP contribution in [0, 0.1) is 0 Å². The van der Waals surface area contributed by atoms with E-state index >= 15 is 0 Å². The smallest absolute Gasteiger partial charge is 0.244 e. The Bertz CT molecular complexity index is 559. The number of rotatable bonds is 5. The lowest BCUT2D eigenvalue weighted by molar-refractivity contribution is -0.116. The predicted octanol–water partition coefficient (Wildman–Crippen LogP) is 2.62. The Balaban J connectivity index is 1.92. The van der Waals surface area contributed by atoms with Gasteiger partial charge in [0.15, 0.2) is 0 Å². The number of methoxy groups -OCH3 is 1. The van der Waals surface area contributed by atoms with Crippen LogP contribution < -0.4 is 10.1 Å². The SMILES string of the molecule is COc1ccccc1/C=C/C(=O)NCc1ccco1. The molecule has 98 valence electrons. The van der Waals surface area contributed by atoms with Crippen LogP contribution in [-0.4, -0.2) is 13.0 Å². The van der Waals surface area contributed by atoms with E-state index in [2.05, 4.69) is 5.32 Å². The molecule has 1 N–H and O–H groups in total. The Morgan fingerprint density at radius 1 is 1.32 bits per heavy atom. The molecule has 0 fully saturated rings. The first kappa shape index (κ1) is 13.0. The maximum absolute atomic E-state index is 11.6. The quantitative estimate of drug-likeness (QED) is 0.838. The number of furan rings is 1. The molecule has 4 heteroatoms. The largest absolute Gasteiger partial charge is 0.496 e. The third kappa shape index (κ3) is 3.74. The van der Waals surface area contributed by atoms with Crippen LogP contribution in [-0.2, 0) is 11.3 Å². The van der Waals surface area contributed by atoms with Crippen molar-refractivity contribution in [2.45, 2.75) is 6.54 Å². The van der Waals surface area contributed by atoms with E-state index in [1.807, 2.05) is 30.3 Å². The third-order valence-corrected chi connectivity index (χ3v) is 2.57. The minimum atomic E-state index is -0.178. The standard InChI is InChI=1S/C15H15NO3/c1-18-14-7-3-2-5-12(14)8-9-15(17)16-11-13-6-4-10-19-13/h2-10H,11H2,1H3,(H,16,17)/b9-8+. The molecule has 0 atom stereocenters. The van der Waals surface area contributed by atoms with Crippen molar-refractivity contribution in [2.75, 3.05) is 7.11 Å². The Hall–Kier alpha value is -2.49. The molecule has 1 amide bonds. The molecule has 0 radical (unpaired) electrons. The lowest BCUT2D eigenvalue weighted by Crippen LogP contribution is -2.19. The number of ether oxygens (including phenoxy) is 1. The summed E-state index contributed by atoms with van der Waals surface area (Å²) in [7, 11) is 1.60. The summed E-state index contributed by atoms with van der Waals surface area (Å²) in [6, 6.07) is 11.1. The fourth-order valence-corrected chi connectivity index (χ4v) is 1.62. The van der Waals surface area contributed by atoms with E-state index in [4.69, 9.17) is 9.15 Å². The first-order valence-corrected chi connectivity index (χ1v) is 5.91. The van der Waals surface area contributed by atoms with Gasteiger partial charge in [-0.2, -0.15) is 0 Å². The van der Waals surface area contributed by atoms with E-state index in [0.717, 1.165) is 17.1 Å². The number of para-hydroxylation sites is 1. The lowest BCUT2D eigenvalue weighted by atomic mass is 10.2. The van der Waals surface area contributed by atoms with Gasteiger partial charge in [0.05, 0.1) is 19.9 Å². The molecule has 0 spiro atoms. The van der Waals surface area contributed by atoms with Crippen LogP contribution in [0.25, 0.3) is 6.08 Å². The summed E-state index contributed by atoms with van der Waals surface area (Å²) in [6.45, 7) is 0.377. The van der Waals surface area contributed by atoms with Gasteiger partial charge in [0, 0.05) is 11.6 Å². The summed E-state index contributed by atoms with van der Waals surface area (Å²) in [4.78, 5) is 11.6. The van der Waals surface area contributed by atoms with Crippen LogP contribution >= 0.6 is 0 Å². The van der Waals surface area contributed by atoms with Crippen molar-refractivity contribution in [3.63, 3.8) is 0 Å². The van der Waals surface area contributed by atoms with Gasteiger partial charge in [0.25, 0.3) is 0 Å². The van der Waals surface area contributed by atoms with E-state index in [1.54, 1.807) is 25.5 Å². The highest BCUT2D eigenvalue weighted by Gasteiger charge is 2.00. The summed E-state index contributed by atoms with van der Waals surface area (Å²) < 4.78 is 10.3. The molecule has 0 saturated heterocycles. The van der Waals surface area contributed by atoms with Crippen molar-refractivity contribution in [3.8, 4) is 5.75 Å². The highest BCUT2D eigenvalue weighted by molar-refractivity contribution is 5.92. The molecule has 0 aliphatic rings. The minimum Gasteiger partial charge on any atom is -0.496 e. The fraction of sp³-hybridized carbons (Fsp3) is 0.133. The number of hydrogen-bond donors (Lipinski definition) is 1. The predicted molar refractivity (Wildman–Crippen MR) is 72.6 cm³/mol. The van der Waals surface area contributed by atoms with Crippen LogP contribution in [0.5, 0.6) is 5.75 Å². The zero-order valence-electron chi connectivity index (χ0n) is 10.6. The summed E-state index contributed by atoms with van der Waals surface area (Å²) in [5.74, 6) is 1.28. The molecule has 4 nitrogen and oxygen atoms in total. The second-order valence-electron chi connectivity index (χ2n) is 3.87. The minimum absolute atomic E-state index is 0.178. The Morgan fingerprint density at radius 3 is 2.89 bits per heavy atom. The molecule has 19 heavy (non-hydrogen) atoms. The highest BCUT2D eigenvalue weighted by Crippen LogP contribution is 2.18. The van der Waals surface area contributed by atoms with Crippen LogP contribution in [0.4, 0.5) is 0 Å². The Morgan fingerprint density at radius 2 is 2.16 bits per heavy atom. The normalized spacial score (nSPS) is 10.6. The molecule has 0 aliphatic carbocycles. The van der Waals surface area contributed by atoms with Gasteiger partial charge >= 0.3 is 0 Å². The molecule has 1 aromatic carbocycles. The number of hydrogen-bond acceptors (Lipinski definition) is 3. The monoisotopic (exact) mass is 257 g/mol. The third-order valence-electron chi connectivity index (χ3n) is 2.57. The fourth-order valence-electron chi connectivity index (χ4n) is 1.62. The number of amides is 1. The van der Waals surface area contributed by atoms with E-state index < -0.39 is 0 Å². The molecule has 0 unspecified atom stereocenters. The van der Waals surface area contributed by atoms with Crippen LogP contribution in [0.15, 0.2) is 53.2 Å². The van der Waals surface area contributed by atoms with Gasteiger partial charge in [-0.15, -0.1) is 0 Å². The summed E-state index contributed by atoms with van der Waals surface area (Å²) >= 11 is 0. The molecule has 0 aliphatic heterocycles. The molecule has 0 saturated carbocycles. The van der Waals surface area contributed by atoms with E-state index in [0.29, 0.717) is 6.54 Å². The molecular formula is C15H15NO3. The molecule has 2 rings (SSSR count). The Labute approximate surface area is 111 Å². The van der Waals surface area contributed by atoms with E-state index in [9.17, 15) is 4.79 Å². The molecule has 2 aromatic rings. The summed E-state index contributed by atoms with van der Waals surface area (Å²) in [5.41, 5.74) is 0.859. The van der Waals surface area contributed by atoms with Gasteiger partial charge < -0.3 is 14.5 Å². The van der Waals surface area contributed by atoms with E-state index in [-0.39, 0.29) is 5.91 Å². The topological polar surface area (TPSA) is 51.5 Å². The molecular weight excluding hydrogens is 242 g/mol. The average Bonchev–Trinajstić information content (AvgIpc) is 2.96. The van der Waals surface area contributed by atoms with Crippen molar-refractivity contribution >= 4 is 12.0 Å². The average molecular weight is 257 g/mol. The van der Waals surface area contributed by atoms with Crippen LogP contribution in [0.1, 0.15) is 11.3 Å². The van der Waals surface area contributed by atoms with Crippen LogP contribution in [0.2, 0.25) is 0 Å². The first-order valence-electron chi connectivity index (χ1n) is 5.91. The van der Waals surface area contributed by atoms with Gasteiger partial charge in [-0.25, -0.2) is 0 Å². The van der Waals surface area contributed by atoms with Gasteiger partial charge in [-0.1, -0.05) is 18.2 Å². The lowest BCUT2D eigenvalue weighted by Gasteiger charge is -2.03. The zero-order valence-corrected chi connectivity index (χ0v) is 10.6. The van der Waals surface area contributed by atoms with Crippen molar-refractivity contribution in [1.82, 2.24) is 5.32 Å². The number of nitrogens with one attached hydrogen (secondary N) is 1. The number of carbonyl (C=O) groups is 1. The van der Waals surface area contributed by atoms with Crippen molar-refractivity contribution in [1.29, 1.82) is 0 Å². The molecule has 1 aromatic heterocycles. The van der Waals surface area contributed by atoms with E-state index in [1.165, 1.54) is 6.08 Å². The Kier molecular flexibility index (Phi) is 4.39. The summed E-state index contributed by atoms with van der Waals surface area (Å²) in [5, 5.41) is 2.73. The van der Waals surface area contributed by atoms with Crippen LogP contribution in [0.3, 0.4) is 0 Å². The van der Waals surface area contributed by atoms with Gasteiger partial charge in [-0.05, 0) is 24.3 Å². The molecule has 1 heterocycles. The van der Waals surface area contributed by atoms with Crippen molar-refractivity contribution in [2.24, 2.45) is 0 Å². The second-order valence-corrected chi connectivity index (χ2v) is 3.87.